The minimum Gasteiger partial charge on any atom is -0.304 e. The van der Waals surface area contributed by atoms with Crippen LogP contribution in [-0.4, -0.2) is 26.3 Å². The minimum absolute atomic E-state index is 0.102. The molecule has 0 spiro atoms. The van der Waals surface area contributed by atoms with Crippen molar-refractivity contribution in [2.45, 2.75) is 12.1 Å². The van der Waals surface area contributed by atoms with Crippen LogP contribution in [0.4, 0.5) is 0 Å². The molecule has 0 unspecified atom stereocenters. The molecule has 0 aliphatic carbocycles. The number of nitrogens with zero attached hydrogens (tertiary/aromatic N) is 3. The Bertz CT molecular complexity index is 776. The molecule has 22 heavy (non-hydrogen) atoms. The Kier molecular flexibility index (Phi) is 4.40. The smallest absolute Gasteiger partial charge is 0.191 e. The first kappa shape index (κ1) is 15.0. The van der Waals surface area contributed by atoms with Gasteiger partial charge < -0.3 is 4.57 Å². The molecule has 0 fully saturated rings. The maximum absolute atomic E-state index is 12.2. The second-order valence-electron chi connectivity index (χ2n) is 4.92. The summed E-state index contributed by atoms with van der Waals surface area (Å²) in [6.45, 7) is 2.01. The Morgan fingerprint density at radius 1 is 1.23 bits per heavy atom. The Hall–Kier alpha value is -1.92. The van der Waals surface area contributed by atoms with E-state index < -0.39 is 0 Å². The Labute approximate surface area is 137 Å². The molecule has 0 saturated heterocycles. The van der Waals surface area contributed by atoms with E-state index in [1.165, 1.54) is 11.8 Å². The average molecular weight is 329 g/mol. The molecule has 2 heterocycles. The lowest BCUT2D eigenvalue weighted by Crippen LogP contribution is -2.03. The Morgan fingerprint density at radius 3 is 2.68 bits per heavy atom. The number of hydrogen-bond donors (Lipinski definition) is 0. The fraction of sp³-hybridized carbons (Fsp3) is 0.188. The monoisotopic (exact) mass is 329 g/mol. The fourth-order valence-electron chi connectivity index (χ4n) is 2.01. The largest absolute Gasteiger partial charge is 0.304 e. The summed E-state index contributed by atoms with van der Waals surface area (Å²) < 4.78 is 1.93. The summed E-state index contributed by atoms with van der Waals surface area (Å²) in [5, 5.41) is 11.2. The average Bonchev–Trinajstić information content (AvgIpc) is 3.15. The molecule has 3 aromatic rings. The van der Waals surface area contributed by atoms with Gasteiger partial charge in [-0.05, 0) is 18.4 Å². The summed E-state index contributed by atoms with van der Waals surface area (Å²) in [4.78, 5) is 13.3. The van der Waals surface area contributed by atoms with Crippen LogP contribution in [0.15, 0.2) is 46.9 Å². The molecule has 0 bridgehead atoms. The molecule has 0 atom stereocenters. The summed E-state index contributed by atoms with van der Waals surface area (Å²) in [7, 11) is 1.92. The summed E-state index contributed by atoms with van der Waals surface area (Å²) >= 11 is 3.04. The fourth-order valence-corrected chi connectivity index (χ4v) is 3.56. The van der Waals surface area contributed by atoms with E-state index in [0.717, 1.165) is 27.0 Å². The highest BCUT2D eigenvalue weighted by atomic mass is 32.2. The van der Waals surface area contributed by atoms with Crippen molar-refractivity contribution in [1.29, 1.82) is 0 Å². The van der Waals surface area contributed by atoms with Crippen LogP contribution in [-0.2, 0) is 7.05 Å². The lowest BCUT2D eigenvalue weighted by atomic mass is 10.1. The lowest BCUT2D eigenvalue weighted by Gasteiger charge is -2.03. The van der Waals surface area contributed by atoms with Crippen LogP contribution in [0.25, 0.3) is 10.7 Å². The number of benzene rings is 1. The van der Waals surface area contributed by atoms with Gasteiger partial charge in [0.2, 0.25) is 0 Å². The van der Waals surface area contributed by atoms with Crippen LogP contribution in [0.1, 0.15) is 15.9 Å². The van der Waals surface area contributed by atoms with Gasteiger partial charge in [-0.3, -0.25) is 4.79 Å². The van der Waals surface area contributed by atoms with E-state index in [2.05, 4.69) is 10.2 Å². The van der Waals surface area contributed by atoms with Gasteiger partial charge in [0.05, 0.1) is 10.6 Å². The molecule has 4 nitrogen and oxygen atoms in total. The van der Waals surface area contributed by atoms with Crippen molar-refractivity contribution in [2.24, 2.45) is 7.05 Å². The van der Waals surface area contributed by atoms with Crippen LogP contribution in [0.2, 0.25) is 0 Å². The number of carbonyl (C=O) groups is 1. The predicted molar refractivity (Wildman–Crippen MR) is 90.5 cm³/mol. The summed E-state index contributed by atoms with van der Waals surface area (Å²) in [6, 6.07) is 11.6. The summed E-state index contributed by atoms with van der Waals surface area (Å²) in [6.07, 6.45) is 0. The number of hydrogen-bond acceptors (Lipinski definition) is 5. The maximum Gasteiger partial charge on any atom is 0.191 e. The zero-order valence-electron chi connectivity index (χ0n) is 12.3. The third-order valence-corrected chi connectivity index (χ3v) is 5.17. The van der Waals surface area contributed by atoms with E-state index in [4.69, 9.17) is 0 Å². The molecule has 3 rings (SSSR count). The van der Waals surface area contributed by atoms with Crippen molar-refractivity contribution in [2.75, 3.05) is 5.75 Å². The zero-order valence-corrected chi connectivity index (χ0v) is 13.9. The van der Waals surface area contributed by atoms with Gasteiger partial charge in [-0.15, -0.1) is 21.5 Å². The van der Waals surface area contributed by atoms with E-state index >= 15 is 0 Å². The Morgan fingerprint density at radius 2 is 2.00 bits per heavy atom. The first-order valence-electron chi connectivity index (χ1n) is 6.81. The molecule has 0 aliphatic heterocycles. The summed E-state index contributed by atoms with van der Waals surface area (Å²) in [5.41, 5.74) is 1.89. The molecule has 0 N–H and O–H groups in total. The van der Waals surface area contributed by atoms with Crippen LogP contribution in [0.3, 0.4) is 0 Å². The van der Waals surface area contributed by atoms with Gasteiger partial charge in [-0.1, -0.05) is 47.7 Å². The molecule has 0 aliphatic rings. The number of rotatable bonds is 5. The van der Waals surface area contributed by atoms with Crippen molar-refractivity contribution in [3.05, 3.63) is 52.9 Å². The van der Waals surface area contributed by atoms with E-state index in [1.54, 1.807) is 11.3 Å². The van der Waals surface area contributed by atoms with E-state index in [1.807, 2.05) is 60.3 Å². The van der Waals surface area contributed by atoms with Crippen molar-refractivity contribution >= 4 is 28.9 Å². The standard InChI is InChI=1S/C16H15N3OS2/c1-11-5-7-12(8-6-11)13(20)10-22-16-18-17-15(19(16)2)14-4-3-9-21-14/h3-9H,10H2,1-2H3. The topological polar surface area (TPSA) is 47.8 Å². The second kappa shape index (κ2) is 6.46. The molecule has 0 amide bonds. The van der Waals surface area contributed by atoms with Gasteiger partial charge in [0.1, 0.15) is 0 Å². The summed E-state index contributed by atoms with van der Waals surface area (Å²) in [5.74, 6) is 1.30. The number of Topliss-reactive ketones (excluding diaryl/α,β-unsaturated/α-hetero) is 1. The lowest BCUT2D eigenvalue weighted by molar-refractivity contribution is 0.102. The number of thiophene rings is 1. The van der Waals surface area contributed by atoms with Crippen LogP contribution in [0.5, 0.6) is 0 Å². The Balaban J connectivity index is 1.69. The van der Waals surface area contributed by atoms with Gasteiger partial charge in [0, 0.05) is 12.6 Å². The number of aryl methyl sites for hydroxylation is 1. The van der Waals surface area contributed by atoms with Gasteiger partial charge >= 0.3 is 0 Å². The SMILES string of the molecule is Cc1ccc(C(=O)CSc2nnc(-c3cccs3)n2C)cc1. The van der Waals surface area contributed by atoms with Crippen molar-refractivity contribution < 1.29 is 4.79 Å². The minimum atomic E-state index is 0.102. The second-order valence-corrected chi connectivity index (χ2v) is 6.81. The normalized spacial score (nSPS) is 10.8. The van der Waals surface area contributed by atoms with Gasteiger partial charge in [0.15, 0.2) is 16.8 Å². The molecule has 0 radical (unpaired) electrons. The maximum atomic E-state index is 12.2. The number of aromatic nitrogens is 3. The first-order valence-corrected chi connectivity index (χ1v) is 8.67. The van der Waals surface area contributed by atoms with E-state index in [0.29, 0.717) is 5.75 Å². The van der Waals surface area contributed by atoms with E-state index in [-0.39, 0.29) is 5.78 Å². The molecular formula is C16H15N3OS2. The molecule has 112 valence electrons. The van der Waals surface area contributed by atoms with Crippen molar-refractivity contribution in [3.8, 4) is 10.7 Å². The van der Waals surface area contributed by atoms with Crippen LogP contribution >= 0.6 is 23.1 Å². The van der Waals surface area contributed by atoms with Crippen molar-refractivity contribution in [1.82, 2.24) is 14.8 Å². The highest BCUT2D eigenvalue weighted by molar-refractivity contribution is 7.99. The highest BCUT2D eigenvalue weighted by Crippen LogP contribution is 2.26. The number of ketones is 1. The van der Waals surface area contributed by atoms with Gasteiger partial charge in [0.25, 0.3) is 0 Å². The third-order valence-electron chi connectivity index (χ3n) is 3.28. The van der Waals surface area contributed by atoms with Crippen LogP contribution in [0, 0.1) is 6.92 Å². The first-order chi connectivity index (χ1) is 10.6. The molecule has 2 aromatic heterocycles. The molecule has 1 aromatic carbocycles. The van der Waals surface area contributed by atoms with Crippen LogP contribution < -0.4 is 0 Å². The van der Waals surface area contributed by atoms with Gasteiger partial charge in [-0.25, -0.2) is 0 Å². The predicted octanol–water partition coefficient (Wildman–Crippen LogP) is 3.83. The van der Waals surface area contributed by atoms with E-state index in [9.17, 15) is 4.79 Å². The molecular weight excluding hydrogens is 314 g/mol. The quantitative estimate of drug-likeness (QED) is 0.527. The number of thioether (sulfide) groups is 1. The molecule has 6 heteroatoms. The zero-order chi connectivity index (χ0) is 15.5. The van der Waals surface area contributed by atoms with Crippen molar-refractivity contribution in [3.63, 3.8) is 0 Å². The number of carbonyl (C=O) groups excluding carboxylic acids is 1. The molecule has 0 saturated carbocycles. The highest BCUT2D eigenvalue weighted by Gasteiger charge is 2.14. The third kappa shape index (κ3) is 3.13. The van der Waals surface area contributed by atoms with Gasteiger partial charge in [-0.2, -0.15) is 0 Å².